The number of carbonyl (C=O) groups is 1. The lowest BCUT2D eigenvalue weighted by Gasteiger charge is -2.48. The minimum absolute atomic E-state index is 0.0385. The Hall–Kier alpha value is -3.27. The predicted octanol–water partition coefficient (Wildman–Crippen LogP) is 2.01. The van der Waals surface area contributed by atoms with Gasteiger partial charge in [0.05, 0.1) is 24.2 Å². The molecule has 1 aromatic heterocycles. The van der Waals surface area contributed by atoms with Crippen LogP contribution in [0, 0.1) is 0 Å². The van der Waals surface area contributed by atoms with Gasteiger partial charge in [-0.15, -0.1) is 0 Å². The van der Waals surface area contributed by atoms with E-state index in [9.17, 15) is 13.2 Å². The van der Waals surface area contributed by atoms with Crippen molar-refractivity contribution in [3.8, 4) is 5.75 Å². The van der Waals surface area contributed by atoms with Crippen molar-refractivity contribution in [2.45, 2.75) is 23.0 Å². The summed E-state index contributed by atoms with van der Waals surface area (Å²) in [6.45, 7) is 0.264. The molecule has 1 aliphatic rings. The molecule has 8 nitrogen and oxygen atoms in total. The molecule has 1 fully saturated rings. The summed E-state index contributed by atoms with van der Waals surface area (Å²) in [7, 11) is -3.80. The SMILES string of the molecule is N[C@@H](Cc1cccc(S(=O)(=O)N2CC(Oc3cccnc3)(c3ccccc3)C2)c1)C(=O)O. The fourth-order valence-electron chi connectivity index (χ4n) is 3.70. The molecule has 2 heterocycles. The Bertz CT molecular complexity index is 1200. The lowest BCUT2D eigenvalue weighted by molar-refractivity contribution is -0.138. The van der Waals surface area contributed by atoms with Crippen molar-refractivity contribution >= 4 is 16.0 Å². The van der Waals surface area contributed by atoms with E-state index in [0.717, 1.165) is 5.56 Å². The Morgan fingerprint density at radius 2 is 1.88 bits per heavy atom. The third kappa shape index (κ3) is 4.36. The van der Waals surface area contributed by atoms with Crippen LogP contribution in [0.4, 0.5) is 0 Å². The normalized spacial score (nSPS) is 16.7. The molecule has 0 saturated carbocycles. The highest BCUT2D eigenvalue weighted by Gasteiger charge is 2.52. The molecule has 0 radical (unpaired) electrons. The number of nitrogens with two attached hydrogens (primary N) is 1. The van der Waals surface area contributed by atoms with E-state index in [0.29, 0.717) is 11.3 Å². The summed E-state index contributed by atoms with van der Waals surface area (Å²) >= 11 is 0. The van der Waals surface area contributed by atoms with Gasteiger partial charge in [-0.2, -0.15) is 4.31 Å². The average Bonchev–Trinajstić information content (AvgIpc) is 2.77. The van der Waals surface area contributed by atoms with Crippen molar-refractivity contribution in [3.63, 3.8) is 0 Å². The smallest absolute Gasteiger partial charge is 0.320 e. The van der Waals surface area contributed by atoms with Crippen LogP contribution >= 0.6 is 0 Å². The third-order valence-corrected chi connectivity index (χ3v) is 7.21. The number of aromatic nitrogens is 1. The second-order valence-corrected chi connectivity index (χ2v) is 9.66. The Morgan fingerprint density at radius 3 is 2.53 bits per heavy atom. The van der Waals surface area contributed by atoms with E-state index in [-0.39, 0.29) is 24.4 Å². The van der Waals surface area contributed by atoms with Crippen LogP contribution in [0.3, 0.4) is 0 Å². The molecular weight excluding hydrogens is 430 g/mol. The zero-order chi connectivity index (χ0) is 22.8. The van der Waals surface area contributed by atoms with E-state index in [2.05, 4.69) is 4.98 Å². The van der Waals surface area contributed by atoms with Crippen molar-refractivity contribution in [2.75, 3.05) is 13.1 Å². The number of carboxylic acids is 1. The van der Waals surface area contributed by atoms with Gasteiger partial charge in [0.2, 0.25) is 10.0 Å². The molecule has 0 bridgehead atoms. The number of aliphatic carboxylic acids is 1. The minimum atomic E-state index is -3.80. The number of sulfonamides is 1. The van der Waals surface area contributed by atoms with Crippen LogP contribution in [0.2, 0.25) is 0 Å². The number of rotatable bonds is 8. The van der Waals surface area contributed by atoms with Crippen molar-refractivity contribution in [3.05, 3.63) is 90.3 Å². The zero-order valence-electron chi connectivity index (χ0n) is 17.2. The summed E-state index contributed by atoms with van der Waals surface area (Å²) in [5, 5.41) is 9.03. The molecular formula is C23H23N3O5S. The molecule has 32 heavy (non-hydrogen) atoms. The molecule has 3 aromatic rings. The first-order valence-electron chi connectivity index (χ1n) is 10.0. The lowest BCUT2D eigenvalue weighted by atomic mass is 9.87. The molecule has 0 spiro atoms. The van der Waals surface area contributed by atoms with E-state index >= 15 is 0 Å². The summed E-state index contributed by atoms with van der Waals surface area (Å²) in [5.74, 6) is -0.584. The maximum Gasteiger partial charge on any atom is 0.320 e. The van der Waals surface area contributed by atoms with Crippen LogP contribution < -0.4 is 10.5 Å². The third-order valence-electron chi connectivity index (χ3n) is 5.42. The maximum atomic E-state index is 13.3. The average molecular weight is 454 g/mol. The molecule has 1 atom stereocenters. The summed E-state index contributed by atoms with van der Waals surface area (Å²) in [6.07, 6.45) is 3.27. The van der Waals surface area contributed by atoms with Gasteiger partial charge in [-0.3, -0.25) is 9.78 Å². The van der Waals surface area contributed by atoms with Gasteiger partial charge in [0.15, 0.2) is 5.60 Å². The topological polar surface area (TPSA) is 123 Å². The van der Waals surface area contributed by atoms with Gasteiger partial charge in [0.1, 0.15) is 11.8 Å². The Labute approximate surface area is 186 Å². The summed E-state index contributed by atoms with van der Waals surface area (Å²) in [5.41, 5.74) is 6.18. The first kappa shape index (κ1) is 21.9. The second kappa shape index (κ2) is 8.70. The quantitative estimate of drug-likeness (QED) is 0.535. The van der Waals surface area contributed by atoms with Crippen LogP contribution in [0.5, 0.6) is 5.75 Å². The highest BCUT2D eigenvalue weighted by atomic mass is 32.2. The number of hydrogen-bond donors (Lipinski definition) is 2. The second-order valence-electron chi connectivity index (χ2n) is 7.72. The van der Waals surface area contributed by atoms with E-state index < -0.39 is 27.6 Å². The van der Waals surface area contributed by atoms with Crippen molar-refractivity contribution < 1.29 is 23.1 Å². The maximum absolute atomic E-state index is 13.3. The fourth-order valence-corrected chi connectivity index (χ4v) is 5.30. The van der Waals surface area contributed by atoms with Gasteiger partial charge in [-0.1, -0.05) is 42.5 Å². The van der Waals surface area contributed by atoms with Crippen molar-refractivity contribution in [1.29, 1.82) is 0 Å². The van der Waals surface area contributed by atoms with E-state index in [1.807, 2.05) is 30.3 Å². The van der Waals surface area contributed by atoms with Crippen LogP contribution in [0.1, 0.15) is 11.1 Å². The standard InChI is InChI=1S/C23H23N3O5S/c24-21(22(27)28)13-17-6-4-10-20(12-17)32(29,30)26-15-23(16-26,18-7-2-1-3-8-18)31-19-9-5-11-25-14-19/h1-12,14,21H,13,15-16,24H2,(H,27,28)/t21-/m0/s1. The van der Waals surface area contributed by atoms with Gasteiger partial charge in [0, 0.05) is 6.20 Å². The van der Waals surface area contributed by atoms with Crippen LogP contribution in [0.25, 0.3) is 0 Å². The molecule has 166 valence electrons. The number of benzene rings is 2. The Morgan fingerprint density at radius 1 is 1.12 bits per heavy atom. The molecule has 9 heteroatoms. The first-order chi connectivity index (χ1) is 15.3. The summed E-state index contributed by atoms with van der Waals surface area (Å²) < 4.78 is 34.1. The number of pyridine rings is 1. The van der Waals surface area contributed by atoms with Crippen LogP contribution in [0.15, 0.2) is 84.0 Å². The largest absolute Gasteiger partial charge is 0.480 e. The van der Waals surface area contributed by atoms with Gasteiger partial charge in [-0.05, 0) is 41.8 Å². The zero-order valence-corrected chi connectivity index (χ0v) is 18.0. The van der Waals surface area contributed by atoms with Gasteiger partial charge in [0.25, 0.3) is 0 Å². The molecule has 3 N–H and O–H groups in total. The molecule has 0 aliphatic carbocycles. The van der Waals surface area contributed by atoms with E-state index in [1.54, 1.807) is 36.7 Å². The van der Waals surface area contributed by atoms with E-state index in [4.69, 9.17) is 15.6 Å². The minimum Gasteiger partial charge on any atom is -0.480 e. The highest BCUT2D eigenvalue weighted by Crippen LogP contribution is 2.39. The monoisotopic (exact) mass is 453 g/mol. The number of hydrogen-bond acceptors (Lipinski definition) is 6. The molecule has 1 aliphatic heterocycles. The summed E-state index contributed by atoms with van der Waals surface area (Å²) in [6, 6.07) is 18.1. The van der Waals surface area contributed by atoms with Gasteiger partial charge >= 0.3 is 5.97 Å². The van der Waals surface area contributed by atoms with Crippen LogP contribution in [-0.4, -0.2) is 47.9 Å². The van der Waals surface area contributed by atoms with Crippen molar-refractivity contribution in [2.24, 2.45) is 5.73 Å². The first-order valence-corrected chi connectivity index (χ1v) is 11.5. The molecule has 0 amide bonds. The molecule has 1 saturated heterocycles. The fraction of sp³-hybridized carbons (Fsp3) is 0.217. The molecule has 4 rings (SSSR count). The Kier molecular flexibility index (Phi) is 5.96. The van der Waals surface area contributed by atoms with E-state index in [1.165, 1.54) is 16.4 Å². The highest BCUT2D eigenvalue weighted by molar-refractivity contribution is 7.89. The number of ether oxygens (including phenoxy) is 1. The number of carboxylic acid groups (broad SMARTS) is 1. The molecule has 2 aromatic carbocycles. The van der Waals surface area contributed by atoms with Gasteiger partial charge in [-0.25, -0.2) is 8.42 Å². The van der Waals surface area contributed by atoms with Crippen molar-refractivity contribution in [1.82, 2.24) is 9.29 Å². The number of nitrogens with zero attached hydrogens (tertiary/aromatic N) is 2. The summed E-state index contributed by atoms with van der Waals surface area (Å²) in [4.78, 5) is 15.2. The lowest BCUT2D eigenvalue weighted by Crippen LogP contribution is -2.64. The Balaban J connectivity index is 1.58. The van der Waals surface area contributed by atoms with Crippen LogP contribution in [-0.2, 0) is 26.8 Å². The molecule has 0 unspecified atom stereocenters. The predicted molar refractivity (Wildman–Crippen MR) is 118 cm³/mol. The van der Waals surface area contributed by atoms with Gasteiger partial charge < -0.3 is 15.6 Å².